The molecule has 1 aromatic carbocycles. The van der Waals surface area contributed by atoms with Crippen LogP contribution in [-0.4, -0.2) is 16.9 Å². The first-order valence-electron chi connectivity index (χ1n) is 5.28. The van der Waals surface area contributed by atoms with Gasteiger partial charge in [0, 0.05) is 12.6 Å². The third-order valence-corrected chi connectivity index (χ3v) is 3.85. The van der Waals surface area contributed by atoms with Gasteiger partial charge in [-0.1, -0.05) is 11.6 Å². The first-order chi connectivity index (χ1) is 8.45. The molecular formula is C12H13BrClN3O. The highest BCUT2D eigenvalue weighted by Crippen LogP contribution is 2.38. The molecule has 18 heavy (non-hydrogen) atoms. The second-order valence-electron chi connectivity index (χ2n) is 3.97. The molecule has 0 saturated heterocycles. The van der Waals surface area contributed by atoms with Crippen LogP contribution in [0.3, 0.4) is 0 Å². The van der Waals surface area contributed by atoms with Crippen LogP contribution in [-0.2, 0) is 7.05 Å². The Balaban J connectivity index is 2.68. The number of methoxy groups -OCH3 is 1. The average molecular weight is 331 g/mol. The normalized spacial score (nSPS) is 10.7. The van der Waals surface area contributed by atoms with Gasteiger partial charge in [-0.15, -0.1) is 0 Å². The molecule has 0 bridgehead atoms. The van der Waals surface area contributed by atoms with E-state index in [-0.39, 0.29) is 0 Å². The number of halogens is 2. The Kier molecular flexibility index (Phi) is 3.54. The van der Waals surface area contributed by atoms with E-state index in [0.717, 1.165) is 21.3 Å². The lowest BCUT2D eigenvalue weighted by atomic mass is 10.1. The van der Waals surface area contributed by atoms with E-state index < -0.39 is 0 Å². The number of benzene rings is 1. The summed E-state index contributed by atoms with van der Waals surface area (Å²) in [5.74, 6) is 1.11. The van der Waals surface area contributed by atoms with Gasteiger partial charge < -0.3 is 10.5 Å². The van der Waals surface area contributed by atoms with Crippen molar-refractivity contribution < 1.29 is 4.74 Å². The highest BCUT2D eigenvalue weighted by molar-refractivity contribution is 9.10. The van der Waals surface area contributed by atoms with Gasteiger partial charge in [0.05, 0.1) is 22.3 Å². The van der Waals surface area contributed by atoms with Crippen molar-refractivity contribution in [3.63, 3.8) is 0 Å². The Morgan fingerprint density at radius 1 is 1.44 bits per heavy atom. The lowest BCUT2D eigenvalue weighted by molar-refractivity contribution is 0.415. The predicted molar refractivity (Wildman–Crippen MR) is 77.1 cm³/mol. The molecule has 0 aliphatic rings. The molecule has 2 rings (SSSR count). The third kappa shape index (κ3) is 2.08. The molecule has 2 aromatic rings. The molecule has 1 aromatic heterocycles. The number of nitrogen functional groups attached to an aromatic ring is 1. The van der Waals surface area contributed by atoms with Crippen LogP contribution in [0.4, 0.5) is 5.82 Å². The van der Waals surface area contributed by atoms with E-state index in [1.54, 1.807) is 11.8 Å². The number of nitrogens with two attached hydrogens (primary N) is 1. The van der Waals surface area contributed by atoms with Crippen LogP contribution in [0.5, 0.6) is 5.75 Å². The zero-order chi connectivity index (χ0) is 13.4. The monoisotopic (exact) mass is 329 g/mol. The molecule has 0 fully saturated rings. The number of hydrogen-bond donors (Lipinski definition) is 1. The number of aromatic nitrogens is 2. The van der Waals surface area contributed by atoms with Crippen LogP contribution >= 0.6 is 27.5 Å². The van der Waals surface area contributed by atoms with Gasteiger partial charge >= 0.3 is 0 Å². The fourth-order valence-corrected chi connectivity index (χ4v) is 2.67. The van der Waals surface area contributed by atoms with Crippen LogP contribution in [0, 0.1) is 6.92 Å². The largest absolute Gasteiger partial charge is 0.495 e. The van der Waals surface area contributed by atoms with Crippen LogP contribution in [0.1, 0.15) is 5.56 Å². The SMILES string of the molecule is COc1cc(C)c(-c2c(Br)c(N)nn2C)cc1Cl. The lowest BCUT2D eigenvalue weighted by Crippen LogP contribution is -1.97. The molecule has 1 heterocycles. The molecular weight excluding hydrogens is 318 g/mol. The zero-order valence-corrected chi connectivity index (χ0v) is 12.6. The quantitative estimate of drug-likeness (QED) is 0.918. The Morgan fingerprint density at radius 2 is 2.11 bits per heavy atom. The summed E-state index contributed by atoms with van der Waals surface area (Å²) in [5, 5.41) is 4.73. The number of aryl methyl sites for hydroxylation is 2. The first-order valence-corrected chi connectivity index (χ1v) is 6.45. The lowest BCUT2D eigenvalue weighted by Gasteiger charge is -2.11. The van der Waals surface area contributed by atoms with Gasteiger partial charge in [-0.05, 0) is 40.5 Å². The van der Waals surface area contributed by atoms with Gasteiger partial charge in [-0.3, -0.25) is 4.68 Å². The zero-order valence-electron chi connectivity index (χ0n) is 10.3. The Bertz CT molecular complexity index is 610. The van der Waals surface area contributed by atoms with E-state index >= 15 is 0 Å². The number of ether oxygens (including phenoxy) is 1. The fourth-order valence-electron chi connectivity index (χ4n) is 1.88. The first kappa shape index (κ1) is 13.2. The van der Waals surface area contributed by atoms with Gasteiger partial charge in [0.25, 0.3) is 0 Å². The standard InChI is InChI=1S/C12H13BrClN3O/c1-6-4-9(18-3)8(14)5-7(6)11-10(13)12(15)16-17(11)2/h4-5H,1-3H3,(H2,15,16). The molecule has 0 unspecified atom stereocenters. The second-order valence-corrected chi connectivity index (χ2v) is 5.17. The highest BCUT2D eigenvalue weighted by atomic mass is 79.9. The predicted octanol–water partition coefficient (Wildman–Crippen LogP) is 3.40. The van der Waals surface area contributed by atoms with Crippen molar-refractivity contribution in [2.45, 2.75) is 6.92 Å². The smallest absolute Gasteiger partial charge is 0.160 e. The summed E-state index contributed by atoms with van der Waals surface area (Å²) in [6, 6.07) is 3.75. The Morgan fingerprint density at radius 3 is 2.61 bits per heavy atom. The number of nitrogens with zero attached hydrogens (tertiary/aromatic N) is 2. The molecule has 0 atom stereocenters. The van der Waals surface area contributed by atoms with Crippen molar-refractivity contribution in [3.05, 3.63) is 27.2 Å². The van der Waals surface area contributed by atoms with Crippen molar-refractivity contribution in [1.82, 2.24) is 9.78 Å². The van der Waals surface area contributed by atoms with Crippen molar-refractivity contribution in [2.24, 2.45) is 7.05 Å². The van der Waals surface area contributed by atoms with E-state index in [4.69, 9.17) is 22.1 Å². The molecule has 0 radical (unpaired) electrons. The van der Waals surface area contributed by atoms with Gasteiger partial charge in [0.1, 0.15) is 5.75 Å². The van der Waals surface area contributed by atoms with Crippen LogP contribution < -0.4 is 10.5 Å². The van der Waals surface area contributed by atoms with Gasteiger partial charge in [-0.25, -0.2) is 0 Å². The average Bonchev–Trinajstić information content (AvgIpc) is 2.56. The molecule has 4 nitrogen and oxygen atoms in total. The Labute approximate surface area is 119 Å². The summed E-state index contributed by atoms with van der Waals surface area (Å²) in [6.07, 6.45) is 0. The summed E-state index contributed by atoms with van der Waals surface area (Å²) >= 11 is 9.61. The van der Waals surface area contributed by atoms with Crippen LogP contribution in [0.15, 0.2) is 16.6 Å². The fraction of sp³-hybridized carbons (Fsp3) is 0.250. The molecule has 0 amide bonds. The van der Waals surface area contributed by atoms with E-state index in [9.17, 15) is 0 Å². The highest BCUT2D eigenvalue weighted by Gasteiger charge is 2.17. The maximum absolute atomic E-state index is 6.16. The Hall–Kier alpha value is -1.20. The molecule has 0 saturated carbocycles. The molecule has 0 aliphatic heterocycles. The molecule has 0 aliphatic carbocycles. The molecule has 0 spiro atoms. The maximum atomic E-state index is 6.16. The van der Waals surface area contributed by atoms with Crippen molar-refractivity contribution in [3.8, 4) is 17.0 Å². The second kappa shape index (κ2) is 4.82. The van der Waals surface area contributed by atoms with Gasteiger partial charge in [0.15, 0.2) is 5.82 Å². The molecule has 2 N–H and O–H groups in total. The van der Waals surface area contributed by atoms with Crippen molar-refractivity contribution >= 4 is 33.3 Å². The third-order valence-electron chi connectivity index (χ3n) is 2.77. The van der Waals surface area contributed by atoms with E-state index in [0.29, 0.717) is 16.6 Å². The number of hydrogen-bond acceptors (Lipinski definition) is 3. The summed E-state index contributed by atoms with van der Waals surface area (Å²) in [7, 11) is 3.44. The van der Waals surface area contributed by atoms with E-state index in [1.165, 1.54) is 0 Å². The van der Waals surface area contributed by atoms with Crippen molar-refractivity contribution in [2.75, 3.05) is 12.8 Å². The maximum Gasteiger partial charge on any atom is 0.160 e. The summed E-state index contributed by atoms with van der Waals surface area (Å²) in [5.41, 5.74) is 8.70. The summed E-state index contributed by atoms with van der Waals surface area (Å²) in [6.45, 7) is 1.99. The summed E-state index contributed by atoms with van der Waals surface area (Å²) < 4.78 is 7.69. The topological polar surface area (TPSA) is 53.1 Å². The minimum atomic E-state index is 0.457. The number of anilines is 1. The molecule has 96 valence electrons. The van der Waals surface area contributed by atoms with Crippen molar-refractivity contribution in [1.29, 1.82) is 0 Å². The van der Waals surface area contributed by atoms with Gasteiger partial charge in [-0.2, -0.15) is 5.10 Å². The summed E-state index contributed by atoms with van der Waals surface area (Å²) in [4.78, 5) is 0. The van der Waals surface area contributed by atoms with E-state index in [1.807, 2.05) is 26.1 Å². The van der Waals surface area contributed by atoms with Gasteiger partial charge in [0.2, 0.25) is 0 Å². The molecule has 6 heteroatoms. The van der Waals surface area contributed by atoms with Crippen LogP contribution in [0.2, 0.25) is 5.02 Å². The van der Waals surface area contributed by atoms with E-state index in [2.05, 4.69) is 21.0 Å². The number of rotatable bonds is 2. The minimum absolute atomic E-state index is 0.457. The minimum Gasteiger partial charge on any atom is -0.495 e. The van der Waals surface area contributed by atoms with Crippen LogP contribution in [0.25, 0.3) is 11.3 Å².